The molecule has 0 aliphatic heterocycles. The fourth-order valence-electron chi connectivity index (χ4n) is 2.08. The number of hydrogen-bond acceptors (Lipinski definition) is 6. The number of nitrogens with two attached hydrogens (primary N) is 1. The summed E-state index contributed by atoms with van der Waals surface area (Å²) in [4.78, 5) is 23.5. The molecule has 26 heavy (non-hydrogen) atoms. The molecule has 1 heterocycles. The zero-order valence-corrected chi connectivity index (χ0v) is 14.6. The maximum atomic E-state index is 13.0. The molecule has 0 bridgehead atoms. The van der Waals surface area contributed by atoms with Gasteiger partial charge in [-0.15, -0.1) is 0 Å². The summed E-state index contributed by atoms with van der Waals surface area (Å²) in [5, 5.41) is 13.8. The van der Waals surface area contributed by atoms with Gasteiger partial charge in [-0.3, -0.25) is 10.1 Å². The van der Waals surface area contributed by atoms with Crippen molar-refractivity contribution in [2.24, 2.45) is 5.73 Å². The number of nitrogens with zero attached hydrogens (tertiary/aromatic N) is 1. The molecule has 0 aliphatic rings. The quantitative estimate of drug-likeness (QED) is 0.492. The van der Waals surface area contributed by atoms with Gasteiger partial charge in [0.15, 0.2) is 0 Å². The Balaban J connectivity index is 2.08. The molecule has 140 valence electrons. The molecule has 5 N–H and O–H groups in total. The monoisotopic (exact) mass is 382 g/mol. The number of aliphatic hydroxyl groups is 1. The molecular formula is C16H19FN4O4S. The lowest BCUT2D eigenvalue weighted by atomic mass is 10.1. The topological polar surface area (TPSA) is 127 Å². The molecule has 8 nitrogen and oxygen atoms in total. The van der Waals surface area contributed by atoms with Crippen molar-refractivity contribution < 1.29 is 23.8 Å². The molecule has 0 unspecified atom stereocenters. The Bertz CT molecular complexity index is 768. The first kappa shape index (κ1) is 19.6. The number of anilines is 1. The van der Waals surface area contributed by atoms with Crippen LogP contribution < -0.4 is 21.1 Å². The van der Waals surface area contributed by atoms with Gasteiger partial charge in [-0.1, -0.05) is 24.3 Å². The van der Waals surface area contributed by atoms with Crippen LogP contribution in [0.25, 0.3) is 0 Å². The third-order valence-electron chi connectivity index (χ3n) is 3.38. The van der Waals surface area contributed by atoms with Gasteiger partial charge in [0.2, 0.25) is 5.88 Å². The summed E-state index contributed by atoms with van der Waals surface area (Å²) in [6, 6.07) is 6.25. The zero-order valence-electron chi connectivity index (χ0n) is 13.8. The van der Waals surface area contributed by atoms with Crippen molar-refractivity contribution in [3.8, 4) is 5.88 Å². The number of primary amides is 1. The summed E-state index contributed by atoms with van der Waals surface area (Å²) in [5.74, 6) is -0.833. The predicted molar refractivity (Wildman–Crippen MR) is 94.9 cm³/mol. The average molecular weight is 382 g/mol. The molecule has 0 saturated heterocycles. The minimum Gasteiger partial charge on any atom is -0.472 e. The Hall–Kier alpha value is -2.72. The largest absolute Gasteiger partial charge is 0.472 e. The second-order valence-corrected chi connectivity index (χ2v) is 5.98. The average Bonchev–Trinajstić information content (AvgIpc) is 3.03. The molecule has 1 aromatic heterocycles. The number of aliphatic hydroxyl groups excluding tert-OH is 1. The smallest absolute Gasteiger partial charge is 0.319 e. The van der Waals surface area contributed by atoms with E-state index in [1.807, 2.05) is 0 Å². The number of alkyl halides is 1. The van der Waals surface area contributed by atoms with Crippen molar-refractivity contribution in [2.45, 2.75) is 19.7 Å². The van der Waals surface area contributed by atoms with Gasteiger partial charge in [0.25, 0.3) is 5.91 Å². The molecule has 0 atom stereocenters. The molecule has 10 heteroatoms. The van der Waals surface area contributed by atoms with Crippen LogP contribution in [0.4, 0.5) is 14.2 Å². The van der Waals surface area contributed by atoms with E-state index in [-0.39, 0.29) is 36.2 Å². The number of carbonyl (C=O) groups is 2. The van der Waals surface area contributed by atoms with Crippen molar-refractivity contribution in [1.82, 2.24) is 9.69 Å². The van der Waals surface area contributed by atoms with Crippen LogP contribution >= 0.6 is 11.5 Å². The van der Waals surface area contributed by atoms with E-state index in [9.17, 15) is 14.0 Å². The second kappa shape index (κ2) is 9.68. The van der Waals surface area contributed by atoms with E-state index in [4.69, 9.17) is 15.6 Å². The number of rotatable bonds is 9. The standard InChI is InChI=1S/C16H19FN4O4S/c17-8-10-4-1-2-5-11(10)9-25-14-12(13(18)23)15(26-21-14)20-16(24)19-6-3-7-22/h1-2,4-5,22H,3,6-9H2,(H2,18,23)(H2,19,20,24). The number of halogens is 1. The maximum Gasteiger partial charge on any atom is 0.319 e. The fraction of sp³-hybridized carbons (Fsp3) is 0.312. The molecule has 0 radical (unpaired) electrons. The molecule has 0 fully saturated rings. The number of amides is 3. The highest BCUT2D eigenvalue weighted by molar-refractivity contribution is 7.11. The summed E-state index contributed by atoms with van der Waals surface area (Å²) < 4.78 is 22.5. The van der Waals surface area contributed by atoms with Crippen LogP contribution in [0.5, 0.6) is 5.88 Å². The normalized spacial score (nSPS) is 10.4. The van der Waals surface area contributed by atoms with Crippen molar-refractivity contribution in [3.05, 3.63) is 41.0 Å². The van der Waals surface area contributed by atoms with E-state index >= 15 is 0 Å². The maximum absolute atomic E-state index is 13.0. The first-order chi connectivity index (χ1) is 12.6. The Morgan fingerprint density at radius 1 is 1.31 bits per heavy atom. The van der Waals surface area contributed by atoms with Crippen molar-refractivity contribution in [3.63, 3.8) is 0 Å². The number of hydrogen-bond donors (Lipinski definition) is 4. The number of ether oxygens (including phenoxy) is 1. The van der Waals surface area contributed by atoms with Crippen molar-refractivity contribution >= 4 is 28.5 Å². The molecule has 2 rings (SSSR count). The van der Waals surface area contributed by atoms with Crippen LogP contribution in [0.15, 0.2) is 24.3 Å². The second-order valence-electron chi connectivity index (χ2n) is 5.21. The van der Waals surface area contributed by atoms with Crippen LogP contribution in [0.3, 0.4) is 0 Å². The Morgan fingerprint density at radius 2 is 2.04 bits per heavy atom. The summed E-state index contributed by atoms with van der Waals surface area (Å²) in [6.45, 7) is -0.408. The van der Waals surface area contributed by atoms with Crippen LogP contribution in [0.2, 0.25) is 0 Å². The molecule has 0 saturated carbocycles. The summed E-state index contributed by atoms with van der Waals surface area (Å²) in [7, 11) is 0. The number of aromatic nitrogens is 1. The van der Waals surface area contributed by atoms with E-state index in [0.29, 0.717) is 17.5 Å². The first-order valence-corrected chi connectivity index (χ1v) is 8.54. The van der Waals surface area contributed by atoms with Gasteiger partial charge in [-0.2, -0.15) is 4.37 Å². The third-order valence-corrected chi connectivity index (χ3v) is 4.13. The van der Waals surface area contributed by atoms with Crippen LogP contribution in [0, 0.1) is 0 Å². The lowest BCUT2D eigenvalue weighted by Crippen LogP contribution is -2.30. The number of nitrogens with one attached hydrogen (secondary N) is 2. The van der Waals surface area contributed by atoms with Gasteiger partial charge < -0.3 is 20.9 Å². The SMILES string of the molecule is NC(=O)c1c(OCc2ccccc2CF)nsc1NC(=O)NCCCO. The molecule has 1 aromatic carbocycles. The van der Waals surface area contributed by atoms with Gasteiger partial charge in [-0.25, -0.2) is 9.18 Å². The highest BCUT2D eigenvalue weighted by Gasteiger charge is 2.22. The van der Waals surface area contributed by atoms with E-state index < -0.39 is 18.6 Å². The minimum atomic E-state index is -0.807. The highest BCUT2D eigenvalue weighted by Crippen LogP contribution is 2.31. The summed E-state index contributed by atoms with van der Waals surface area (Å²) >= 11 is 0.846. The number of benzene rings is 1. The van der Waals surface area contributed by atoms with Gasteiger partial charge >= 0.3 is 6.03 Å². The van der Waals surface area contributed by atoms with E-state index in [1.54, 1.807) is 24.3 Å². The van der Waals surface area contributed by atoms with Gasteiger partial charge in [0.1, 0.15) is 23.8 Å². The van der Waals surface area contributed by atoms with Crippen molar-refractivity contribution in [2.75, 3.05) is 18.5 Å². The van der Waals surface area contributed by atoms with Crippen molar-refractivity contribution in [1.29, 1.82) is 0 Å². The number of carbonyl (C=O) groups excluding carboxylic acids is 2. The van der Waals surface area contributed by atoms with Gasteiger partial charge in [-0.05, 0) is 29.1 Å². The predicted octanol–water partition coefficient (Wildman–Crippen LogP) is 1.79. The molecule has 3 amide bonds. The van der Waals surface area contributed by atoms with Crippen LogP contribution in [0.1, 0.15) is 27.9 Å². The van der Waals surface area contributed by atoms with Gasteiger partial charge in [0, 0.05) is 13.2 Å². The molecule has 0 spiro atoms. The van der Waals surface area contributed by atoms with E-state index in [2.05, 4.69) is 15.0 Å². The lowest BCUT2D eigenvalue weighted by molar-refractivity contribution is 0.0996. The van der Waals surface area contributed by atoms with Gasteiger partial charge in [0.05, 0.1) is 0 Å². The summed E-state index contributed by atoms with van der Waals surface area (Å²) in [6.07, 6.45) is 0.404. The zero-order chi connectivity index (χ0) is 18.9. The Morgan fingerprint density at radius 3 is 2.69 bits per heavy atom. The van der Waals surface area contributed by atoms with E-state index in [0.717, 1.165) is 11.5 Å². The van der Waals surface area contributed by atoms with Crippen LogP contribution in [-0.2, 0) is 13.3 Å². The first-order valence-electron chi connectivity index (χ1n) is 7.77. The minimum absolute atomic E-state index is 0.00619. The highest BCUT2D eigenvalue weighted by atomic mass is 32.1. The Labute approximate surface area is 153 Å². The number of urea groups is 1. The molecular weight excluding hydrogens is 363 g/mol. The lowest BCUT2D eigenvalue weighted by Gasteiger charge is -2.09. The molecule has 2 aromatic rings. The summed E-state index contributed by atoms with van der Waals surface area (Å²) in [5.41, 5.74) is 6.41. The van der Waals surface area contributed by atoms with E-state index in [1.165, 1.54) is 0 Å². The fourth-order valence-corrected chi connectivity index (χ4v) is 2.82. The molecule has 0 aliphatic carbocycles. The van der Waals surface area contributed by atoms with Crippen LogP contribution in [-0.4, -0.2) is 34.6 Å². The third kappa shape index (κ3) is 5.14. The Kier molecular flexibility index (Phi) is 7.30.